The van der Waals surface area contributed by atoms with Crippen molar-refractivity contribution in [2.75, 3.05) is 13.1 Å². The molecule has 1 aliphatic heterocycles. The fourth-order valence-corrected chi connectivity index (χ4v) is 4.10. The third-order valence-corrected chi connectivity index (χ3v) is 5.22. The summed E-state index contributed by atoms with van der Waals surface area (Å²) < 4.78 is 0. The van der Waals surface area contributed by atoms with E-state index < -0.39 is 0 Å². The molecule has 106 valence electrons. The third-order valence-electron chi connectivity index (χ3n) is 5.22. The molecule has 1 aliphatic carbocycles. The minimum absolute atomic E-state index is 0.271. The second-order valence-corrected chi connectivity index (χ2v) is 6.36. The molecule has 2 aliphatic rings. The first-order valence-corrected chi connectivity index (χ1v) is 8.01. The minimum Gasteiger partial charge on any atom is -0.296 e. The summed E-state index contributed by atoms with van der Waals surface area (Å²) in [4.78, 5) is 2.61. The average molecular weight is 276 g/mol. The summed E-state index contributed by atoms with van der Waals surface area (Å²) in [7, 11) is 0. The molecule has 0 bridgehead atoms. The Balaban J connectivity index is 1.70. The molecule has 1 fully saturated rings. The third kappa shape index (κ3) is 2.13. The predicted octanol–water partition coefficient (Wildman–Crippen LogP) is 4.06. The lowest BCUT2D eigenvalue weighted by Crippen LogP contribution is -2.37. The van der Waals surface area contributed by atoms with Crippen molar-refractivity contribution >= 4 is 10.8 Å². The van der Waals surface area contributed by atoms with Gasteiger partial charge in [-0.25, -0.2) is 0 Å². The highest BCUT2D eigenvalue weighted by atomic mass is 15.2. The highest BCUT2D eigenvalue weighted by molar-refractivity contribution is 5.90. The molecule has 0 N–H and O–H groups in total. The molecule has 2 nitrogen and oxygen atoms in total. The van der Waals surface area contributed by atoms with E-state index in [1.165, 1.54) is 34.7 Å². The van der Waals surface area contributed by atoms with Crippen molar-refractivity contribution < 1.29 is 0 Å². The van der Waals surface area contributed by atoms with E-state index in [4.69, 9.17) is 5.26 Å². The zero-order valence-electron chi connectivity index (χ0n) is 12.3. The molecule has 1 heterocycles. The first kappa shape index (κ1) is 12.9. The number of nitriles is 1. The van der Waals surface area contributed by atoms with Crippen LogP contribution >= 0.6 is 0 Å². The quantitative estimate of drug-likeness (QED) is 0.785. The lowest BCUT2D eigenvalue weighted by molar-refractivity contribution is 0.139. The molecule has 2 aromatic rings. The van der Waals surface area contributed by atoms with Gasteiger partial charge >= 0.3 is 0 Å². The molecule has 1 atom stereocenters. The standard InChI is InChI=1S/C19H20N2/c20-13-14-9-11-21(12-10-14)18-8-7-16-4-1-3-15-5-2-6-17(18)19(15)16/h1-6,14,18H,7-12H2/t18-/m1/s1. The van der Waals surface area contributed by atoms with Crippen LogP contribution in [0, 0.1) is 17.2 Å². The maximum atomic E-state index is 9.07. The van der Waals surface area contributed by atoms with Crippen LogP contribution in [0.3, 0.4) is 0 Å². The Bertz CT molecular complexity index is 700. The van der Waals surface area contributed by atoms with Gasteiger partial charge in [-0.3, -0.25) is 4.90 Å². The molecule has 2 heteroatoms. The molecule has 21 heavy (non-hydrogen) atoms. The largest absolute Gasteiger partial charge is 0.296 e. The second kappa shape index (κ2) is 5.16. The highest BCUT2D eigenvalue weighted by Crippen LogP contribution is 2.39. The number of hydrogen-bond acceptors (Lipinski definition) is 2. The minimum atomic E-state index is 0.271. The van der Waals surface area contributed by atoms with Crippen LogP contribution in [-0.2, 0) is 6.42 Å². The molecule has 0 saturated carbocycles. The van der Waals surface area contributed by atoms with Gasteiger partial charge in [-0.05, 0) is 60.7 Å². The molecule has 0 radical (unpaired) electrons. The maximum absolute atomic E-state index is 9.07. The van der Waals surface area contributed by atoms with Crippen LogP contribution in [0.1, 0.15) is 36.4 Å². The van der Waals surface area contributed by atoms with Gasteiger partial charge in [-0.15, -0.1) is 0 Å². The van der Waals surface area contributed by atoms with Crippen molar-refractivity contribution in [3.05, 3.63) is 47.5 Å². The van der Waals surface area contributed by atoms with E-state index in [9.17, 15) is 0 Å². The van der Waals surface area contributed by atoms with E-state index in [2.05, 4.69) is 47.4 Å². The van der Waals surface area contributed by atoms with Gasteiger partial charge in [0.2, 0.25) is 0 Å². The number of hydrogen-bond donors (Lipinski definition) is 0. The van der Waals surface area contributed by atoms with Gasteiger partial charge in [0.05, 0.1) is 6.07 Å². The highest BCUT2D eigenvalue weighted by Gasteiger charge is 2.29. The Labute approximate surface area is 126 Å². The number of benzene rings is 2. The molecule has 0 aromatic heterocycles. The van der Waals surface area contributed by atoms with Gasteiger partial charge in [-0.2, -0.15) is 5.26 Å². The van der Waals surface area contributed by atoms with Gasteiger partial charge in [-0.1, -0.05) is 36.4 Å². The van der Waals surface area contributed by atoms with Crippen molar-refractivity contribution in [3.8, 4) is 6.07 Å². The summed E-state index contributed by atoms with van der Waals surface area (Å²) in [5, 5.41) is 11.9. The van der Waals surface area contributed by atoms with Gasteiger partial charge in [0.1, 0.15) is 0 Å². The molecule has 0 spiro atoms. The van der Waals surface area contributed by atoms with Gasteiger partial charge in [0.25, 0.3) is 0 Å². The summed E-state index contributed by atoms with van der Waals surface area (Å²) in [5.74, 6) is 0.271. The molecule has 1 saturated heterocycles. The summed E-state index contributed by atoms with van der Waals surface area (Å²) in [6, 6.07) is 16.4. The summed E-state index contributed by atoms with van der Waals surface area (Å²) >= 11 is 0. The van der Waals surface area contributed by atoms with Crippen molar-refractivity contribution in [1.29, 1.82) is 5.26 Å². The Morgan fingerprint density at radius 1 is 1.00 bits per heavy atom. The van der Waals surface area contributed by atoms with Crippen molar-refractivity contribution in [1.82, 2.24) is 4.90 Å². The number of likely N-dealkylation sites (tertiary alicyclic amines) is 1. The summed E-state index contributed by atoms with van der Waals surface area (Å²) in [5.41, 5.74) is 3.01. The lowest BCUT2D eigenvalue weighted by atomic mass is 9.83. The molecular weight excluding hydrogens is 256 g/mol. The van der Waals surface area contributed by atoms with Crippen LogP contribution in [0.25, 0.3) is 10.8 Å². The van der Waals surface area contributed by atoms with Gasteiger partial charge in [0.15, 0.2) is 0 Å². The molecule has 0 amide bonds. The average Bonchev–Trinajstić information content (AvgIpc) is 2.56. The maximum Gasteiger partial charge on any atom is 0.0656 e. The van der Waals surface area contributed by atoms with E-state index >= 15 is 0 Å². The number of piperidine rings is 1. The Morgan fingerprint density at radius 3 is 2.52 bits per heavy atom. The number of rotatable bonds is 1. The first-order valence-electron chi connectivity index (χ1n) is 8.01. The molecule has 0 unspecified atom stereocenters. The van der Waals surface area contributed by atoms with Crippen molar-refractivity contribution in [2.45, 2.75) is 31.7 Å². The van der Waals surface area contributed by atoms with E-state index in [1.54, 1.807) is 0 Å². The van der Waals surface area contributed by atoms with Crippen LogP contribution in [0.5, 0.6) is 0 Å². The lowest BCUT2D eigenvalue weighted by Gasteiger charge is -2.39. The van der Waals surface area contributed by atoms with Gasteiger partial charge < -0.3 is 0 Å². The Hall–Kier alpha value is -1.85. The van der Waals surface area contributed by atoms with Crippen LogP contribution in [0.15, 0.2) is 36.4 Å². The van der Waals surface area contributed by atoms with E-state index in [-0.39, 0.29) is 5.92 Å². The van der Waals surface area contributed by atoms with Crippen molar-refractivity contribution in [2.24, 2.45) is 5.92 Å². The monoisotopic (exact) mass is 276 g/mol. The fraction of sp³-hybridized carbons (Fsp3) is 0.421. The smallest absolute Gasteiger partial charge is 0.0656 e. The normalized spacial score (nSPS) is 23.1. The van der Waals surface area contributed by atoms with Crippen LogP contribution in [0.2, 0.25) is 0 Å². The molecule has 4 rings (SSSR count). The predicted molar refractivity (Wildman–Crippen MR) is 84.9 cm³/mol. The van der Waals surface area contributed by atoms with E-state index in [1.807, 2.05) is 0 Å². The first-order chi connectivity index (χ1) is 10.4. The zero-order chi connectivity index (χ0) is 14.2. The second-order valence-electron chi connectivity index (χ2n) is 6.36. The SMILES string of the molecule is N#CC1CCN([C@@H]2CCc3cccc4cccc2c34)CC1. The number of nitrogens with zero attached hydrogens (tertiary/aromatic N) is 2. The summed E-state index contributed by atoms with van der Waals surface area (Å²) in [6.07, 6.45) is 4.46. The van der Waals surface area contributed by atoms with Crippen molar-refractivity contribution in [3.63, 3.8) is 0 Å². The topological polar surface area (TPSA) is 27.0 Å². The van der Waals surface area contributed by atoms with Crippen LogP contribution in [0.4, 0.5) is 0 Å². The molecular formula is C19H20N2. The summed E-state index contributed by atoms with van der Waals surface area (Å²) in [6.45, 7) is 2.14. The Kier molecular flexibility index (Phi) is 3.16. The van der Waals surface area contributed by atoms with Crippen LogP contribution in [-0.4, -0.2) is 18.0 Å². The zero-order valence-corrected chi connectivity index (χ0v) is 12.3. The number of aryl methyl sites for hydroxylation is 1. The van der Waals surface area contributed by atoms with Gasteiger partial charge in [0, 0.05) is 12.0 Å². The van der Waals surface area contributed by atoms with E-state index in [0.717, 1.165) is 25.9 Å². The van der Waals surface area contributed by atoms with Crippen LogP contribution < -0.4 is 0 Å². The Morgan fingerprint density at radius 2 is 1.76 bits per heavy atom. The molecule has 2 aromatic carbocycles. The fourth-order valence-electron chi connectivity index (χ4n) is 4.10. The van der Waals surface area contributed by atoms with E-state index in [0.29, 0.717) is 6.04 Å².